The fourth-order valence-corrected chi connectivity index (χ4v) is 1.90. The lowest BCUT2D eigenvalue weighted by molar-refractivity contribution is -0.123. The van der Waals surface area contributed by atoms with E-state index in [-0.39, 0.29) is 5.91 Å². The largest absolute Gasteiger partial charge is 0.353 e. The number of likely N-dealkylation sites (N-methyl/N-ethyl adjacent to an activating group) is 1. The van der Waals surface area contributed by atoms with Gasteiger partial charge in [-0.3, -0.25) is 10.1 Å². The van der Waals surface area contributed by atoms with E-state index < -0.39 is 24.9 Å². The minimum absolute atomic E-state index is 0.325. The quantitative estimate of drug-likeness (QED) is 0.718. The Bertz CT molecular complexity index is 257. The van der Waals surface area contributed by atoms with Gasteiger partial charge in [0.25, 0.3) is 5.92 Å². The molecule has 100 valence electrons. The summed E-state index contributed by atoms with van der Waals surface area (Å²) in [4.78, 5) is 13.7. The van der Waals surface area contributed by atoms with E-state index in [2.05, 4.69) is 15.5 Å². The van der Waals surface area contributed by atoms with Gasteiger partial charge in [-0.15, -0.1) is 0 Å². The highest BCUT2D eigenvalue weighted by atomic mass is 19.3. The van der Waals surface area contributed by atoms with Gasteiger partial charge in [-0.1, -0.05) is 13.8 Å². The van der Waals surface area contributed by atoms with Crippen LogP contribution < -0.4 is 10.6 Å². The molecule has 0 radical (unpaired) electrons. The van der Waals surface area contributed by atoms with Gasteiger partial charge >= 0.3 is 0 Å². The van der Waals surface area contributed by atoms with Crippen LogP contribution >= 0.6 is 0 Å². The van der Waals surface area contributed by atoms with Gasteiger partial charge in [-0.2, -0.15) is 0 Å². The monoisotopic (exact) mass is 249 g/mol. The molecule has 1 heterocycles. The van der Waals surface area contributed by atoms with Crippen LogP contribution in [0.15, 0.2) is 0 Å². The summed E-state index contributed by atoms with van der Waals surface area (Å²) in [5.74, 6) is -3.07. The van der Waals surface area contributed by atoms with E-state index in [9.17, 15) is 13.6 Å². The Labute approximate surface area is 101 Å². The van der Waals surface area contributed by atoms with E-state index in [1.807, 2.05) is 13.8 Å². The third-order valence-electron chi connectivity index (χ3n) is 3.05. The molecule has 1 rings (SSSR count). The van der Waals surface area contributed by atoms with E-state index in [0.29, 0.717) is 6.54 Å². The summed E-state index contributed by atoms with van der Waals surface area (Å²) in [6, 6.07) is -0.748. The van der Waals surface area contributed by atoms with Crippen molar-refractivity contribution in [3.63, 3.8) is 0 Å². The number of rotatable bonds is 6. The van der Waals surface area contributed by atoms with E-state index in [1.54, 1.807) is 0 Å². The van der Waals surface area contributed by atoms with Crippen molar-refractivity contribution in [3.8, 4) is 0 Å². The molecule has 1 aliphatic rings. The van der Waals surface area contributed by atoms with Crippen molar-refractivity contribution in [2.75, 3.05) is 32.7 Å². The van der Waals surface area contributed by atoms with Crippen molar-refractivity contribution < 1.29 is 13.6 Å². The van der Waals surface area contributed by atoms with E-state index in [1.165, 1.54) is 0 Å². The molecule has 17 heavy (non-hydrogen) atoms. The van der Waals surface area contributed by atoms with Gasteiger partial charge in [0.15, 0.2) is 0 Å². The zero-order chi connectivity index (χ0) is 12.9. The summed E-state index contributed by atoms with van der Waals surface area (Å²) < 4.78 is 25.7. The molecule has 6 heteroatoms. The Kier molecular flexibility index (Phi) is 5.27. The highest BCUT2D eigenvalue weighted by Crippen LogP contribution is 2.24. The molecule has 0 bridgehead atoms. The third-order valence-corrected chi connectivity index (χ3v) is 3.05. The summed E-state index contributed by atoms with van der Waals surface area (Å²) in [5.41, 5.74) is 0. The molecule has 1 saturated heterocycles. The Hall–Kier alpha value is -0.750. The summed E-state index contributed by atoms with van der Waals surface area (Å²) in [7, 11) is 0. The van der Waals surface area contributed by atoms with E-state index >= 15 is 0 Å². The molecule has 1 amide bonds. The second-order valence-corrected chi connectivity index (χ2v) is 4.31. The third kappa shape index (κ3) is 4.55. The minimum atomic E-state index is -2.75. The molecule has 0 aromatic rings. The normalized spacial score (nSPS) is 23.0. The first-order valence-electron chi connectivity index (χ1n) is 6.09. The van der Waals surface area contributed by atoms with Crippen molar-refractivity contribution in [2.45, 2.75) is 32.2 Å². The summed E-state index contributed by atoms with van der Waals surface area (Å²) in [6.45, 7) is 6.79. The maximum atomic E-state index is 12.9. The summed E-state index contributed by atoms with van der Waals surface area (Å²) >= 11 is 0. The number of halogens is 2. The van der Waals surface area contributed by atoms with Gasteiger partial charge in [0.1, 0.15) is 0 Å². The molecule has 0 aromatic heterocycles. The van der Waals surface area contributed by atoms with E-state index in [0.717, 1.165) is 19.6 Å². The van der Waals surface area contributed by atoms with Crippen molar-refractivity contribution in [3.05, 3.63) is 0 Å². The van der Waals surface area contributed by atoms with Crippen LogP contribution in [0.1, 0.15) is 20.3 Å². The fraction of sp³-hybridized carbons (Fsp3) is 0.909. The molecule has 1 aliphatic heterocycles. The number of hydrogen-bond acceptors (Lipinski definition) is 3. The van der Waals surface area contributed by atoms with Crippen LogP contribution in [0, 0.1) is 0 Å². The number of nitrogens with one attached hydrogen (secondary N) is 2. The van der Waals surface area contributed by atoms with Crippen molar-refractivity contribution >= 4 is 5.91 Å². The van der Waals surface area contributed by atoms with Gasteiger partial charge in [0.05, 0.1) is 12.6 Å². The first-order chi connectivity index (χ1) is 7.98. The summed E-state index contributed by atoms with van der Waals surface area (Å²) in [5, 5.41) is 5.22. The molecular weight excluding hydrogens is 228 g/mol. The SMILES string of the molecule is CCN(CC)CCNC(=O)C1CC(F)(F)CN1. The van der Waals surface area contributed by atoms with Crippen molar-refractivity contribution in [2.24, 2.45) is 0 Å². The van der Waals surface area contributed by atoms with Crippen molar-refractivity contribution in [1.82, 2.24) is 15.5 Å². The van der Waals surface area contributed by atoms with Crippen molar-refractivity contribution in [1.29, 1.82) is 0 Å². The fourth-order valence-electron chi connectivity index (χ4n) is 1.90. The first kappa shape index (κ1) is 14.3. The van der Waals surface area contributed by atoms with Crippen LogP contribution in [0.4, 0.5) is 8.78 Å². The number of carbonyl (C=O) groups is 1. The van der Waals surface area contributed by atoms with Gasteiger partial charge < -0.3 is 10.2 Å². The van der Waals surface area contributed by atoms with Gasteiger partial charge in [0.2, 0.25) is 5.91 Å². The van der Waals surface area contributed by atoms with Crippen LogP contribution in [0.25, 0.3) is 0 Å². The second-order valence-electron chi connectivity index (χ2n) is 4.31. The molecule has 1 atom stereocenters. The predicted octanol–water partition coefficient (Wildman–Crippen LogP) is 0.442. The maximum absolute atomic E-state index is 12.9. The Morgan fingerprint density at radius 2 is 2.12 bits per heavy atom. The maximum Gasteiger partial charge on any atom is 0.262 e. The molecule has 0 aromatic carbocycles. The molecule has 0 spiro atoms. The van der Waals surface area contributed by atoms with Crippen LogP contribution in [0.5, 0.6) is 0 Å². The lowest BCUT2D eigenvalue weighted by Crippen LogP contribution is -2.43. The minimum Gasteiger partial charge on any atom is -0.353 e. The highest BCUT2D eigenvalue weighted by Gasteiger charge is 2.42. The first-order valence-corrected chi connectivity index (χ1v) is 6.09. The van der Waals surface area contributed by atoms with Gasteiger partial charge in [-0.25, -0.2) is 8.78 Å². The summed E-state index contributed by atoms with van der Waals surface area (Å²) in [6.07, 6.45) is -0.399. The lowest BCUT2D eigenvalue weighted by atomic mass is 10.2. The standard InChI is InChI=1S/C11H21F2N3O/c1-3-16(4-2)6-5-14-10(17)9-7-11(12,13)8-15-9/h9,15H,3-8H2,1-2H3,(H,14,17). The van der Waals surface area contributed by atoms with Gasteiger partial charge in [0, 0.05) is 19.5 Å². The topological polar surface area (TPSA) is 44.4 Å². The molecule has 4 nitrogen and oxygen atoms in total. The zero-order valence-corrected chi connectivity index (χ0v) is 10.4. The van der Waals surface area contributed by atoms with Crippen LogP contribution in [0.3, 0.4) is 0 Å². The Morgan fingerprint density at radius 3 is 2.59 bits per heavy atom. The van der Waals surface area contributed by atoms with Crippen LogP contribution in [-0.4, -0.2) is 55.5 Å². The van der Waals surface area contributed by atoms with E-state index in [4.69, 9.17) is 0 Å². The number of nitrogens with zero attached hydrogens (tertiary/aromatic N) is 1. The predicted molar refractivity (Wildman–Crippen MR) is 62.2 cm³/mol. The number of carbonyl (C=O) groups excluding carboxylic acids is 1. The Morgan fingerprint density at radius 1 is 1.47 bits per heavy atom. The molecule has 0 saturated carbocycles. The number of amides is 1. The molecule has 1 unspecified atom stereocenters. The molecule has 1 fully saturated rings. The molecule has 0 aliphatic carbocycles. The molecule has 2 N–H and O–H groups in total. The van der Waals surface area contributed by atoms with Crippen LogP contribution in [0.2, 0.25) is 0 Å². The second kappa shape index (κ2) is 6.26. The van der Waals surface area contributed by atoms with Gasteiger partial charge in [-0.05, 0) is 13.1 Å². The average molecular weight is 249 g/mol. The lowest BCUT2D eigenvalue weighted by Gasteiger charge is -2.18. The smallest absolute Gasteiger partial charge is 0.262 e. The Balaban J connectivity index is 2.22. The molecular formula is C11H21F2N3O. The van der Waals surface area contributed by atoms with Crippen LogP contribution in [-0.2, 0) is 4.79 Å². The number of hydrogen-bond donors (Lipinski definition) is 2. The highest BCUT2D eigenvalue weighted by molar-refractivity contribution is 5.82. The zero-order valence-electron chi connectivity index (χ0n) is 10.4. The number of alkyl halides is 2. The average Bonchev–Trinajstić information content (AvgIpc) is 2.65.